The predicted octanol–water partition coefficient (Wildman–Crippen LogP) is 5.61. The largest absolute Gasteiger partial charge is 0.365 e. The van der Waals surface area contributed by atoms with Gasteiger partial charge in [0.25, 0.3) is 0 Å². The van der Waals surface area contributed by atoms with Crippen molar-refractivity contribution in [3.05, 3.63) is 63.9 Å². The van der Waals surface area contributed by atoms with E-state index in [4.69, 9.17) is 39.8 Å². The molecule has 2 aromatic carbocycles. The number of nitrogens with zero attached hydrogens (tertiary/aromatic N) is 4. The molecule has 1 fully saturated rings. The minimum Gasteiger partial charge on any atom is -0.365 e. The van der Waals surface area contributed by atoms with Crippen LogP contribution in [-0.2, 0) is 0 Å². The first-order valence-corrected chi connectivity index (χ1v) is 11.2. The molecule has 158 valence electrons. The van der Waals surface area contributed by atoms with Crippen molar-refractivity contribution in [1.29, 1.82) is 0 Å². The van der Waals surface area contributed by atoms with Crippen LogP contribution in [0.1, 0.15) is 12.8 Å². The molecule has 6 nitrogen and oxygen atoms in total. The van der Waals surface area contributed by atoms with Gasteiger partial charge in [0.2, 0.25) is 0 Å². The fourth-order valence-corrected chi connectivity index (χ4v) is 4.46. The van der Waals surface area contributed by atoms with Gasteiger partial charge in [-0.25, -0.2) is 15.0 Å². The van der Waals surface area contributed by atoms with Crippen molar-refractivity contribution >= 4 is 51.8 Å². The van der Waals surface area contributed by atoms with Crippen molar-refractivity contribution < 1.29 is 0 Å². The fraction of sp³-hybridized carbons (Fsp3) is 0.227. The third kappa shape index (κ3) is 4.08. The Labute approximate surface area is 194 Å². The lowest BCUT2D eigenvalue weighted by Gasteiger charge is -2.24. The van der Waals surface area contributed by atoms with Gasteiger partial charge in [-0.2, -0.15) is 0 Å². The van der Waals surface area contributed by atoms with Gasteiger partial charge in [-0.3, -0.25) is 4.57 Å². The monoisotopic (exact) mass is 472 g/mol. The molecule has 31 heavy (non-hydrogen) atoms. The lowest BCUT2D eigenvalue weighted by molar-refractivity contribution is 0.478. The van der Waals surface area contributed by atoms with Gasteiger partial charge in [-0.05, 0) is 68.4 Å². The first kappa shape index (κ1) is 20.5. The summed E-state index contributed by atoms with van der Waals surface area (Å²) in [6.07, 6.45) is 3.62. The molecule has 0 unspecified atom stereocenters. The molecule has 0 spiro atoms. The molecule has 1 saturated heterocycles. The van der Waals surface area contributed by atoms with Gasteiger partial charge in [0.1, 0.15) is 12.2 Å². The second kappa shape index (κ2) is 8.63. The van der Waals surface area contributed by atoms with Gasteiger partial charge in [-0.15, -0.1) is 0 Å². The molecule has 5 rings (SSSR count). The zero-order chi connectivity index (χ0) is 21.4. The van der Waals surface area contributed by atoms with E-state index < -0.39 is 0 Å². The SMILES string of the molecule is Clc1ccc(-n2c(-c3ccc(Cl)cc3Cl)nc3c(NC4CCNCC4)ncnc32)cc1. The molecular formula is C22H19Cl3N6. The maximum atomic E-state index is 6.55. The Morgan fingerprint density at radius 1 is 0.935 bits per heavy atom. The smallest absolute Gasteiger partial charge is 0.170 e. The molecule has 0 amide bonds. The third-order valence-corrected chi connectivity index (χ3v) is 6.18. The van der Waals surface area contributed by atoms with Crippen LogP contribution >= 0.6 is 34.8 Å². The minimum absolute atomic E-state index is 0.336. The quantitative estimate of drug-likeness (QED) is 0.403. The number of halogens is 3. The molecule has 9 heteroatoms. The van der Waals surface area contributed by atoms with E-state index in [2.05, 4.69) is 20.6 Å². The van der Waals surface area contributed by atoms with Crippen LogP contribution in [0.25, 0.3) is 28.2 Å². The number of anilines is 1. The van der Waals surface area contributed by atoms with Gasteiger partial charge >= 0.3 is 0 Å². The number of benzene rings is 2. The van der Waals surface area contributed by atoms with Crippen molar-refractivity contribution in [3.63, 3.8) is 0 Å². The molecule has 1 aliphatic rings. The zero-order valence-electron chi connectivity index (χ0n) is 16.4. The molecule has 3 heterocycles. The highest BCUT2D eigenvalue weighted by molar-refractivity contribution is 6.36. The van der Waals surface area contributed by atoms with Gasteiger partial charge < -0.3 is 10.6 Å². The summed E-state index contributed by atoms with van der Waals surface area (Å²) in [6, 6.07) is 13.3. The summed E-state index contributed by atoms with van der Waals surface area (Å²) in [7, 11) is 0. The van der Waals surface area contributed by atoms with E-state index in [-0.39, 0.29) is 0 Å². The van der Waals surface area contributed by atoms with E-state index in [0.29, 0.717) is 38.1 Å². The van der Waals surface area contributed by atoms with E-state index in [1.165, 1.54) is 0 Å². The summed E-state index contributed by atoms with van der Waals surface area (Å²) in [5.74, 6) is 1.38. The van der Waals surface area contributed by atoms with Crippen LogP contribution < -0.4 is 10.6 Å². The highest BCUT2D eigenvalue weighted by Gasteiger charge is 2.22. The Morgan fingerprint density at radius 2 is 1.68 bits per heavy atom. The number of piperidine rings is 1. The summed E-state index contributed by atoms with van der Waals surface area (Å²) >= 11 is 18.8. The van der Waals surface area contributed by atoms with Crippen molar-refractivity contribution in [2.45, 2.75) is 18.9 Å². The molecule has 0 bridgehead atoms. The number of aromatic nitrogens is 4. The molecular weight excluding hydrogens is 455 g/mol. The lowest BCUT2D eigenvalue weighted by atomic mass is 10.1. The summed E-state index contributed by atoms with van der Waals surface area (Å²) < 4.78 is 1.97. The summed E-state index contributed by atoms with van der Waals surface area (Å²) in [5.41, 5.74) is 3.01. The van der Waals surface area contributed by atoms with E-state index >= 15 is 0 Å². The molecule has 4 aromatic rings. The maximum Gasteiger partial charge on any atom is 0.170 e. The van der Waals surface area contributed by atoms with Crippen LogP contribution in [-0.4, -0.2) is 38.7 Å². The van der Waals surface area contributed by atoms with E-state index in [1.54, 1.807) is 18.5 Å². The van der Waals surface area contributed by atoms with E-state index in [1.807, 2.05) is 34.9 Å². The molecule has 2 N–H and O–H groups in total. The van der Waals surface area contributed by atoms with Crippen LogP contribution in [0.5, 0.6) is 0 Å². The third-order valence-electron chi connectivity index (χ3n) is 5.38. The Balaban J connectivity index is 1.71. The van der Waals surface area contributed by atoms with Gasteiger partial charge in [0.15, 0.2) is 17.0 Å². The minimum atomic E-state index is 0.336. The number of nitrogens with one attached hydrogen (secondary N) is 2. The molecule has 1 aliphatic heterocycles. The van der Waals surface area contributed by atoms with Gasteiger partial charge in [-0.1, -0.05) is 34.8 Å². The fourth-order valence-electron chi connectivity index (χ4n) is 3.84. The normalized spacial score (nSPS) is 14.8. The van der Waals surface area contributed by atoms with Crippen molar-refractivity contribution in [2.24, 2.45) is 0 Å². The number of fused-ring (bicyclic) bond motifs is 1. The molecule has 0 atom stereocenters. The van der Waals surface area contributed by atoms with Crippen LogP contribution in [0, 0.1) is 0 Å². The number of rotatable bonds is 4. The van der Waals surface area contributed by atoms with Crippen LogP contribution in [0.3, 0.4) is 0 Å². The summed E-state index contributed by atoms with van der Waals surface area (Å²) in [6.45, 7) is 1.97. The average Bonchev–Trinajstić information content (AvgIpc) is 3.15. The Morgan fingerprint density at radius 3 is 2.42 bits per heavy atom. The highest BCUT2D eigenvalue weighted by atomic mass is 35.5. The second-order valence-corrected chi connectivity index (χ2v) is 8.71. The maximum absolute atomic E-state index is 6.55. The zero-order valence-corrected chi connectivity index (χ0v) is 18.7. The van der Waals surface area contributed by atoms with Crippen molar-refractivity contribution in [1.82, 2.24) is 24.8 Å². The topological polar surface area (TPSA) is 67.7 Å². The highest BCUT2D eigenvalue weighted by Crippen LogP contribution is 2.35. The van der Waals surface area contributed by atoms with Crippen LogP contribution in [0.15, 0.2) is 48.8 Å². The van der Waals surface area contributed by atoms with E-state index in [0.717, 1.165) is 43.0 Å². The van der Waals surface area contributed by atoms with Crippen LogP contribution in [0.4, 0.5) is 5.82 Å². The van der Waals surface area contributed by atoms with Gasteiger partial charge in [0, 0.05) is 27.3 Å². The Kier molecular flexibility index (Phi) is 5.71. The Hall–Kier alpha value is -2.38. The van der Waals surface area contributed by atoms with Crippen LogP contribution in [0.2, 0.25) is 15.1 Å². The van der Waals surface area contributed by atoms with E-state index in [9.17, 15) is 0 Å². The van der Waals surface area contributed by atoms with Crippen molar-refractivity contribution in [3.8, 4) is 17.1 Å². The lowest BCUT2D eigenvalue weighted by Crippen LogP contribution is -2.35. The predicted molar refractivity (Wildman–Crippen MR) is 127 cm³/mol. The molecule has 0 aliphatic carbocycles. The number of hydrogen-bond donors (Lipinski definition) is 2. The van der Waals surface area contributed by atoms with Gasteiger partial charge in [0.05, 0.1) is 5.02 Å². The molecule has 0 radical (unpaired) electrons. The first-order valence-electron chi connectivity index (χ1n) is 10.0. The average molecular weight is 474 g/mol. The molecule has 0 saturated carbocycles. The number of imidazole rings is 1. The summed E-state index contributed by atoms with van der Waals surface area (Å²) in [5, 5.41) is 8.67. The molecule has 2 aromatic heterocycles. The number of hydrogen-bond acceptors (Lipinski definition) is 5. The Bertz CT molecular complexity index is 1230. The standard InChI is InChI=1S/C22H19Cl3N6/c23-13-1-4-16(5-2-13)31-21(17-6-3-14(24)11-18(17)25)30-19-20(27-12-28-22(19)31)29-15-7-9-26-10-8-15/h1-6,11-12,15,26H,7-10H2,(H,27,28,29). The summed E-state index contributed by atoms with van der Waals surface area (Å²) in [4.78, 5) is 14.0. The van der Waals surface area contributed by atoms with Crippen molar-refractivity contribution in [2.75, 3.05) is 18.4 Å². The second-order valence-electron chi connectivity index (χ2n) is 7.43. The first-order chi connectivity index (χ1) is 15.1.